The first-order chi connectivity index (χ1) is 33.6. The van der Waals surface area contributed by atoms with Gasteiger partial charge in [0.15, 0.2) is 0 Å². The van der Waals surface area contributed by atoms with E-state index in [1.165, 1.54) is 53.0 Å². The molecule has 0 N–H and O–H groups in total. The van der Waals surface area contributed by atoms with E-state index in [1.54, 1.807) is 0 Å². The molecule has 0 aliphatic heterocycles. The van der Waals surface area contributed by atoms with Crippen molar-refractivity contribution in [3.05, 3.63) is 218 Å². The Bertz CT molecular complexity index is 2680. The number of rotatable bonds is 8. The lowest BCUT2D eigenvalue weighted by Crippen LogP contribution is -2.52. The number of benzene rings is 8. The van der Waals surface area contributed by atoms with Gasteiger partial charge in [0.25, 0.3) is 0 Å². The first-order valence-corrected chi connectivity index (χ1v) is 47.0. The highest BCUT2D eigenvalue weighted by Gasteiger charge is 2.26. The molecule has 8 rings (SSSR count). The van der Waals surface area contributed by atoms with Crippen LogP contribution in [0.3, 0.4) is 0 Å². The van der Waals surface area contributed by atoms with Crippen molar-refractivity contribution in [2.75, 3.05) is 0 Å². The van der Waals surface area contributed by atoms with Gasteiger partial charge in [-0.15, -0.1) is 0 Å². The molecule has 0 saturated heterocycles. The summed E-state index contributed by atoms with van der Waals surface area (Å²) < 4.78 is 3.31. The van der Waals surface area contributed by atoms with Gasteiger partial charge in [-0.2, -0.15) is 4.13 Å². The Kier molecular flexibility index (Phi) is 48.2. The molecule has 2 radical (unpaired) electrons. The third-order valence-electron chi connectivity index (χ3n) is 11.5. The topological polar surface area (TPSA) is 12.4 Å². The number of hydrogen-bond donors (Lipinski definition) is 0. The van der Waals surface area contributed by atoms with Crippen molar-refractivity contribution >= 4 is 166 Å². The summed E-state index contributed by atoms with van der Waals surface area (Å²) in [5.41, 5.74) is 2.57. The molecule has 0 heterocycles. The second kappa shape index (κ2) is 44.4. The smallest absolute Gasteiger partial charge is 0.195 e. The lowest BCUT2D eigenvalue weighted by molar-refractivity contribution is 1.62. The third kappa shape index (κ3) is 32.1. The molecule has 5 atom stereocenters. The van der Waals surface area contributed by atoms with Crippen LogP contribution in [0.5, 0.6) is 0 Å². The zero-order valence-corrected chi connectivity index (χ0v) is 55.9. The lowest BCUT2D eigenvalue weighted by Gasteiger charge is -2.24. The van der Waals surface area contributed by atoms with Crippen molar-refractivity contribution in [3.8, 4) is 11.1 Å². The van der Waals surface area contributed by atoms with E-state index in [4.69, 9.17) is 7.57 Å². The summed E-state index contributed by atoms with van der Waals surface area (Å²) in [5.74, 6) is 0. The van der Waals surface area contributed by atoms with Crippen molar-refractivity contribution in [3.63, 3.8) is 0 Å². The Morgan fingerprint density at radius 2 is 0.649 bits per heavy atom. The second-order valence-corrected chi connectivity index (χ2v) is 47.6. The van der Waals surface area contributed by atoms with E-state index in [-0.39, 0.29) is 44.6 Å². The van der Waals surface area contributed by atoms with E-state index in [9.17, 15) is 0 Å². The Morgan fingerprint density at radius 1 is 0.416 bits per heavy atom. The fourth-order valence-corrected chi connectivity index (χ4v) is 14.3. The van der Waals surface area contributed by atoms with Gasteiger partial charge >= 0.3 is 7.57 Å². The molecule has 416 valence electrons. The average Bonchev–Trinajstić information content (AvgIpc) is 3.38. The maximum atomic E-state index is 4.95. The molecule has 0 aromatic heterocycles. The van der Waals surface area contributed by atoms with Crippen LogP contribution in [0.25, 0.3) is 21.9 Å². The monoisotopic (exact) mass is 1260 g/mol. The van der Waals surface area contributed by atoms with E-state index < -0.39 is 38.6 Å². The second-order valence-electron chi connectivity index (χ2n) is 19.4. The minimum Gasteiger partial charge on any atom is -0.195 e. The Morgan fingerprint density at radius 3 is 0.948 bits per heavy atom. The first-order valence-electron chi connectivity index (χ1n) is 23.3. The number of fused-ring (bicyclic) bond motifs is 1. The van der Waals surface area contributed by atoms with Crippen LogP contribution >= 0.6 is 48.5 Å². The van der Waals surface area contributed by atoms with E-state index >= 15 is 0 Å². The van der Waals surface area contributed by atoms with Crippen LogP contribution in [0.15, 0.2) is 223 Å². The highest BCUT2D eigenvalue weighted by atomic mass is 32.6. The summed E-state index contributed by atoms with van der Waals surface area (Å²) in [7, 11) is 8.24. The molecule has 0 fully saturated rings. The quantitative estimate of drug-likeness (QED) is 0.111. The molecule has 0 aliphatic carbocycles. The van der Waals surface area contributed by atoms with Crippen LogP contribution in [0.2, 0.25) is 65.5 Å². The SMILES string of the molecule is C.C.C.C.C.C.C[Si](C)(C)c1ccccc1.C[Si](C)(C)c1ccccc1.C[Si](C)(c1ccccc1)c1ccc(-c2ccccc2)cc1.C[Si](C)(c1ccccc1)c1ccc2ccccc2c1.PP=S.PPN=S.[B][P+](P)=S. The van der Waals surface area contributed by atoms with Crippen molar-refractivity contribution in [2.24, 2.45) is 4.13 Å². The number of hydrogen-bond acceptors (Lipinski definition) is 4. The highest BCUT2D eigenvalue weighted by molar-refractivity contribution is 8.43. The van der Waals surface area contributed by atoms with E-state index in [0.29, 0.717) is 8.42 Å². The zero-order chi connectivity index (χ0) is 52.9. The van der Waals surface area contributed by atoms with Gasteiger partial charge in [-0.05, 0) is 28.9 Å². The van der Waals surface area contributed by atoms with Crippen LogP contribution in [0.4, 0.5) is 0 Å². The Balaban J connectivity index is -0.000000283. The molecule has 8 aromatic carbocycles. The summed E-state index contributed by atoms with van der Waals surface area (Å²) in [6, 6.07) is 78.5. The summed E-state index contributed by atoms with van der Waals surface area (Å²) in [6.45, 7) is 23.9. The fourth-order valence-electron chi connectivity index (χ4n) is 7.21. The van der Waals surface area contributed by atoms with Gasteiger partial charge < -0.3 is 0 Å². The molecule has 0 aliphatic rings. The summed E-state index contributed by atoms with van der Waals surface area (Å²) in [4.78, 5) is 0. The Hall–Kier alpha value is -2.27. The van der Waals surface area contributed by atoms with Crippen molar-refractivity contribution in [1.82, 2.24) is 0 Å². The molecule has 0 bridgehead atoms. The van der Waals surface area contributed by atoms with Gasteiger partial charge in [0.05, 0.1) is 25.1 Å². The standard InChI is InChI=1S/C20H20Si.C18H18Si.2C9H14Si.6CH4.BH2P2S.H3NP2S.H2P2S/c1-21(2,19-11-7-4-8-12-19)20-15-13-18(14-16-20)17-9-5-3-6-10-17;1-19(2,17-10-4-3-5-11-17)18-13-12-15-8-6-7-9-16(15)14-18;2*1-10(2,3)9-7-5-4-6-8-9;;;;;;;1-3(2)4;2-3-1-4;1-2-3/h3-16H,1-2H3;3-14H,1-2H3;2*4-8H,1-3H3;6*1H4;2H2;3H,2H2;1H2/q;;;;;;;;;;+1;;. The van der Waals surface area contributed by atoms with Crippen molar-refractivity contribution in [1.29, 1.82) is 0 Å². The summed E-state index contributed by atoms with van der Waals surface area (Å²) in [6.07, 6.45) is -0.620. The lowest BCUT2D eigenvalue weighted by atomic mass is 10.1. The van der Waals surface area contributed by atoms with Crippen molar-refractivity contribution in [2.45, 2.75) is 110 Å². The molecule has 8 aromatic rings. The van der Waals surface area contributed by atoms with Crippen LogP contribution in [-0.2, 0) is 36.0 Å². The van der Waals surface area contributed by atoms with Crippen molar-refractivity contribution < 1.29 is 0 Å². The molecule has 0 saturated carbocycles. The molecule has 77 heavy (non-hydrogen) atoms. The van der Waals surface area contributed by atoms with Gasteiger partial charge in [0.1, 0.15) is 34.2 Å². The maximum Gasteiger partial charge on any atom is 0.462 e. The average molecular weight is 1260 g/mol. The van der Waals surface area contributed by atoms with Gasteiger partial charge in [0.2, 0.25) is 0 Å². The fraction of sp³-hybridized carbons (Fsp3) is 0.258. The predicted octanol–water partition coefficient (Wildman–Crippen LogP) is 19.2. The normalized spacial score (nSPS) is 10.3. The summed E-state index contributed by atoms with van der Waals surface area (Å²) >= 11 is 12.9. The minimum absolute atomic E-state index is 0. The van der Waals surface area contributed by atoms with Gasteiger partial charge in [0, 0.05) is 20.8 Å². The molecular weight excluding hydrogens is 1160 g/mol. The maximum absolute atomic E-state index is 4.95. The number of nitrogens with zero attached hydrogens (tertiary/aromatic N) is 1. The van der Waals surface area contributed by atoms with Gasteiger partial charge in [-0.1, -0.05) is 389 Å². The third-order valence-corrected chi connectivity index (χ3v) is 24.1. The molecule has 0 spiro atoms. The first kappa shape index (κ1) is 83.6. The zero-order valence-electron chi connectivity index (χ0n) is 43.2. The largest absolute Gasteiger partial charge is 0.462 e. The van der Waals surface area contributed by atoms with Crippen LogP contribution in [0, 0.1) is 0 Å². The highest BCUT2D eigenvalue weighted by Crippen LogP contribution is 2.22. The van der Waals surface area contributed by atoms with Gasteiger partial charge in [-0.3, -0.25) is 0 Å². The molecule has 5 unspecified atom stereocenters. The van der Waals surface area contributed by atoms with Crippen LogP contribution in [-0.4, -0.2) is 39.9 Å². The molecule has 0 amide bonds. The minimum atomic E-state index is -1.58. The van der Waals surface area contributed by atoms with E-state index in [1.807, 2.05) is 0 Å². The molecule has 15 heteroatoms. The molecule has 1 nitrogen and oxygen atoms in total. The van der Waals surface area contributed by atoms with E-state index in [2.05, 4.69) is 351 Å². The van der Waals surface area contributed by atoms with Crippen LogP contribution in [0.1, 0.15) is 44.6 Å². The Labute approximate surface area is 505 Å². The van der Waals surface area contributed by atoms with Crippen LogP contribution < -0.4 is 31.1 Å². The van der Waals surface area contributed by atoms with Gasteiger partial charge in [-0.25, -0.2) is 0 Å². The summed E-state index contributed by atoms with van der Waals surface area (Å²) in [5, 5.41) is 11.7. The molecular formula is C62H97BNP6S3Si4+. The predicted molar refractivity (Wildman–Crippen MR) is 403 cm³/mol. The van der Waals surface area contributed by atoms with E-state index in [0.717, 1.165) is 7.04 Å².